The van der Waals surface area contributed by atoms with E-state index in [0.717, 1.165) is 23.4 Å². The summed E-state index contributed by atoms with van der Waals surface area (Å²) in [5, 5.41) is 3.12. The van der Waals surface area contributed by atoms with Gasteiger partial charge in [-0.2, -0.15) is 0 Å². The van der Waals surface area contributed by atoms with Gasteiger partial charge in [-0.05, 0) is 37.1 Å². The predicted octanol–water partition coefficient (Wildman–Crippen LogP) is 3.01. The summed E-state index contributed by atoms with van der Waals surface area (Å²) in [5.41, 5.74) is 3.16. The van der Waals surface area contributed by atoms with E-state index in [1.165, 1.54) is 0 Å². The summed E-state index contributed by atoms with van der Waals surface area (Å²) < 4.78 is 10.5. The molecule has 1 aromatic heterocycles. The summed E-state index contributed by atoms with van der Waals surface area (Å²) in [6, 6.07) is 7.31. The number of anilines is 2. The van der Waals surface area contributed by atoms with Crippen LogP contribution in [-0.4, -0.2) is 19.2 Å². The van der Waals surface area contributed by atoms with Crippen LogP contribution in [0.1, 0.15) is 18.2 Å². The molecule has 0 radical (unpaired) electrons. The van der Waals surface area contributed by atoms with Crippen molar-refractivity contribution >= 4 is 11.4 Å². The standard InChI is InChI=1S/C16H20N2O3/c1-5-11-8-13(16(19)17-10(11)2)18-12-6-7-14(20-3)15(9-12)21-4/h6-9,18H,5H2,1-4H3,(H,17,19). The lowest BCUT2D eigenvalue weighted by molar-refractivity contribution is 0.355. The van der Waals surface area contributed by atoms with Gasteiger partial charge in [0, 0.05) is 17.4 Å². The lowest BCUT2D eigenvalue weighted by atomic mass is 10.1. The molecule has 0 aliphatic rings. The highest BCUT2D eigenvalue weighted by atomic mass is 16.5. The van der Waals surface area contributed by atoms with E-state index in [-0.39, 0.29) is 5.56 Å². The molecule has 5 nitrogen and oxygen atoms in total. The molecule has 1 heterocycles. The molecule has 0 unspecified atom stereocenters. The van der Waals surface area contributed by atoms with Crippen LogP contribution in [0.3, 0.4) is 0 Å². The minimum absolute atomic E-state index is 0.139. The van der Waals surface area contributed by atoms with Crippen molar-refractivity contribution in [3.05, 3.63) is 45.9 Å². The van der Waals surface area contributed by atoms with Crippen molar-refractivity contribution in [3.63, 3.8) is 0 Å². The summed E-state index contributed by atoms with van der Waals surface area (Å²) in [6.45, 7) is 3.96. The quantitative estimate of drug-likeness (QED) is 0.887. The number of aromatic nitrogens is 1. The van der Waals surface area contributed by atoms with E-state index in [1.54, 1.807) is 26.4 Å². The summed E-state index contributed by atoms with van der Waals surface area (Å²) in [6.07, 6.45) is 0.864. The second-order valence-electron chi connectivity index (χ2n) is 4.71. The van der Waals surface area contributed by atoms with Crippen LogP contribution >= 0.6 is 0 Å². The van der Waals surface area contributed by atoms with Crippen LogP contribution in [0.15, 0.2) is 29.1 Å². The average Bonchev–Trinajstić information content (AvgIpc) is 2.49. The van der Waals surface area contributed by atoms with E-state index in [9.17, 15) is 4.79 Å². The minimum atomic E-state index is -0.139. The first-order valence-electron chi connectivity index (χ1n) is 6.80. The zero-order chi connectivity index (χ0) is 15.4. The SMILES string of the molecule is CCc1cc(Nc2ccc(OC)c(OC)c2)c(=O)[nH]c1C. The number of aryl methyl sites for hydroxylation is 2. The summed E-state index contributed by atoms with van der Waals surface area (Å²) in [5.74, 6) is 1.26. The van der Waals surface area contributed by atoms with Crippen molar-refractivity contribution in [2.24, 2.45) is 0 Å². The fourth-order valence-corrected chi connectivity index (χ4v) is 2.20. The molecule has 1 aromatic carbocycles. The first-order chi connectivity index (χ1) is 10.1. The van der Waals surface area contributed by atoms with E-state index in [1.807, 2.05) is 19.1 Å². The molecule has 0 aliphatic carbocycles. The first kappa shape index (κ1) is 15.0. The van der Waals surface area contributed by atoms with Crippen LogP contribution in [0.4, 0.5) is 11.4 Å². The van der Waals surface area contributed by atoms with Crippen LogP contribution in [0.25, 0.3) is 0 Å². The third-order valence-corrected chi connectivity index (χ3v) is 3.39. The van der Waals surface area contributed by atoms with E-state index in [2.05, 4.69) is 17.2 Å². The second kappa shape index (κ2) is 6.35. The Morgan fingerprint density at radius 3 is 2.48 bits per heavy atom. The molecule has 5 heteroatoms. The van der Waals surface area contributed by atoms with Crippen LogP contribution in [0.5, 0.6) is 11.5 Å². The highest BCUT2D eigenvalue weighted by Crippen LogP contribution is 2.30. The summed E-state index contributed by atoms with van der Waals surface area (Å²) >= 11 is 0. The number of ether oxygens (including phenoxy) is 2. The normalized spacial score (nSPS) is 10.3. The highest BCUT2D eigenvalue weighted by molar-refractivity contribution is 5.63. The monoisotopic (exact) mass is 288 g/mol. The Kier molecular flexibility index (Phi) is 4.52. The number of nitrogens with one attached hydrogen (secondary N) is 2. The van der Waals surface area contributed by atoms with Gasteiger partial charge in [0.15, 0.2) is 11.5 Å². The van der Waals surface area contributed by atoms with Gasteiger partial charge >= 0.3 is 0 Å². The van der Waals surface area contributed by atoms with Gasteiger partial charge in [-0.1, -0.05) is 6.92 Å². The molecule has 112 valence electrons. The predicted molar refractivity (Wildman–Crippen MR) is 84.0 cm³/mol. The number of aromatic amines is 1. The van der Waals surface area contributed by atoms with Crippen molar-refractivity contribution < 1.29 is 9.47 Å². The van der Waals surface area contributed by atoms with Crippen molar-refractivity contribution in [2.75, 3.05) is 19.5 Å². The Hall–Kier alpha value is -2.43. The zero-order valence-electron chi connectivity index (χ0n) is 12.7. The molecule has 0 atom stereocenters. The summed E-state index contributed by atoms with van der Waals surface area (Å²) in [4.78, 5) is 14.9. The average molecular weight is 288 g/mol. The van der Waals surface area contributed by atoms with E-state index < -0.39 is 0 Å². The fraction of sp³-hybridized carbons (Fsp3) is 0.312. The molecule has 0 aliphatic heterocycles. The van der Waals surface area contributed by atoms with Gasteiger partial charge in [-0.25, -0.2) is 0 Å². The molecule has 0 bridgehead atoms. The lowest BCUT2D eigenvalue weighted by Gasteiger charge is -2.12. The van der Waals surface area contributed by atoms with Gasteiger partial charge in [-0.3, -0.25) is 4.79 Å². The third kappa shape index (κ3) is 3.18. The van der Waals surface area contributed by atoms with Crippen LogP contribution in [0, 0.1) is 6.92 Å². The van der Waals surface area contributed by atoms with Crippen molar-refractivity contribution in [1.29, 1.82) is 0 Å². The molecule has 2 N–H and O–H groups in total. The Balaban J connectivity index is 2.36. The van der Waals surface area contributed by atoms with Gasteiger partial charge in [0.2, 0.25) is 0 Å². The molecule has 0 spiro atoms. The highest BCUT2D eigenvalue weighted by Gasteiger charge is 2.08. The lowest BCUT2D eigenvalue weighted by Crippen LogP contribution is -2.14. The van der Waals surface area contributed by atoms with Gasteiger partial charge < -0.3 is 19.8 Å². The van der Waals surface area contributed by atoms with Crippen molar-refractivity contribution in [1.82, 2.24) is 4.98 Å². The van der Waals surface area contributed by atoms with Gasteiger partial charge in [0.05, 0.1) is 14.2 Å². The van der Waals surface area contributed by atoms with Crippen LogP contribution in [0.2, 0.25) is 0 Å². The van der Waals surface area contributed by atoms with E-state index in [0.29, 0.717) is 17.2 Å². The third-order valence-electron chi connectivity index (χ3n) is 3.39. The van der Waals surface area contributed by atoms with Gasteiger partial charge in [0.25, 0.3) is 5.56 Å². The summed E-state index contributed by atoms with van der Waals surface area (Å²) in [7, 11) is 3.17. The minimum Gasteiger partial charge on any atom is -0.493 e. The van der Waals surface area contributed by atoms with Gasteiger partial charge in [-0.15, -0.1) is 0 Å². The van der Waals surface area contributed by atoms with Crippen molar-refractivity contribution in [3.8, 4) is 11.5 Å². The number of hydrogen-bond acceptors (Lipinski definition) is 4. The molecule has 0 saturated heterocycles. The molecule has 2 aromatic rings. The number of benzene rings is 1. The van der Waals surface area contributed by atoms with Crippen LogP contribution in [-0.2, 0) is 6.42 Å². The Labute approximate surface area is 123 Å². The maximum atomic E-state index is 12.0. The maximum absolute atomic E-state index is 12.0. The molecular formula is C16H20N2O3. The fourth-order valence-electron chi connectivity index (χ4n) is 2.20. The maximum Gasteiger partial charge on any atom is 0.271 e. The Morgan fingerprint density at radius 2 is 1.86 bits per heavy atom. The molecule has 0 saturated carbocycles. The van der Waals surface area contributed by atoms with Gasteiger partial charge in [0.1, 0.15) is 5.69 Å². The first-order valence-corrected chi connectivity index (χ1v) is 6.80. The topological polar surface area (TPSA) is 63.4 Å². The number of hydrogen-bond donors (Lipinski definition) is 2. The Bertz CT molecular complexity index is 692. The van der Waals surface area contributed by atoms with Crippen molar-refractivity contribution in [2.45, 2.75) is 20.3 Å². The molecular weight excluding hydrogens is 268 g/mol. The zero-order valence-corrected chi connectivity index (χ0v) is 12.7. The van der Waals surface area contributed by atoms with Crippen LogP contribution < -0.4 is 20.3 Å². The molecule has 2 rings (SSSR count). The number of pyridine rings is 1. The Morgan fingerprint density at radius 1 is 1.14 bits per heavy atom. The largest absolute Gasteiger partial charge is 0.493 e. The smallest absolute Gasteiger partial charge is 0.271 e. The number of H-pyrrole nitrogens is 1. The molecule has 0 amide bonds. The van der Waals surface area contributed by atoms with E-state index >= 15 is 0 Å². The molecule has 0 fully saturated rings. The number of methoxy groups -OCH3 is 2. The second-order valence-corrected chi connectivity index (χ2v) is 4.71. The molecule has 21 heavy (non-hydrogen) atoms. The number of rotatable bonds is 5. The van der Waals surface area contributed by atoms with E-state index in [4.69, 9.17) is 9.47 Å².